The van der Waals surface area contributed by atoms with Gasteiger partial charge in [0, 0.05) is 19.3 Å². The number of anilines is 1. The molecule has 23 heavy (non-hydrogen) atoms. The van der Waals surface area contributed by atoms with Crippen LogP contribution in [0, 0.1) is 12.7 Å². The Morgan fingerprint density at radius 2 is 2.13 bits per heavy atom. The average Bonchev–Trinajstić information content (AvgIpc) is 2.86. The highest BCUT2D eigenvalue weighted by atomic mass is 32.1. The number of rotatable bonds is 3. The predicted octanol–water partition coefficient (Wildman–Crippen LogP) is 4.41. The fourth-order valence-corrected chi connectivity index (χ4v) is 3.18. The maximum atomic E-state index is 13.2. The van der Waals surface area contributed by atoms with Crippen LogP contribution in [0.25, 0.3) is 10.2 Å². The number of amides is 2. The third-order valence-electron chi connectivity index (χ3n) is 3.40. The van der Waals surface area contributed by atoms with Gasteiger partial charge in [-0.1, -0.05) is 12.1 Å². The smallest absolute Gasteiger partial charge is 0.321 e. The SMILES string of the molecule is Cc1nc2ccc(NC(=O)N(C)Cc3cccc(F)c3)cc2s1. The van der Waals surface area contributed by atoms with E-state index in [9.17, 15) is 9.18 Å². The lowest BCUT2D eigenvalue weighted by Gasteiger charge is -2.18. The molecular weight excluding hydrogens is 313 g/mol. The maximum Gasteiger partial charge on any atom is 0.321 e. The van der Waals surface area contributed by atoms with E-state index in [1.54, 1.807) is 30.5 Å². The number of aromatic nitrogens is 1. The lowest BCUT2D eigenvalue weighted by molar-refractivity contribution is 0.220. The van der Waals surface area contributed by atoms with Crippen LogP contribution in [0.2, 0.25) is 0 Å². The second kappa shape index (κ2) is 6.34. The second-order valence-electron chi connectivity index (χ2n) is 5.33. The topological polar surface area (TPSA) is 45.2 Å². The maximum absolute atomic E-state index is 13.2. The zero-order chi connectivity index (χ0) is 16.4. The van der Waals surface area contributed by atoms with Crippen molar-refractivity contribution in [1.29, 1.82) is 0 Å². The van der Waals surface area contributed by atoms with Gasteiger partial charge in [-0.05, 0) is 42.8 Å². The molecule has 1 aromatic heterocycles. The summed E-state index contributed by atoms with van der Waals surface area (Å²) in [6.07, 6.45) is 0. The van der Waals surface area contributed by atoms with E-state index < -0.39 is 0 Å². The van der Waals surface area contributed by atoms with E-state index in [4.69, 9.17) is 0 Å². The number of hydrogen-bond acceptors (Lipinski definition) is 3. The molecule has 0 aliphatic heterocycles. The molecule has 4 nitrogen and oxygen atoms in total. The Kier molecular flexibility index (Phi) is 4.25. The van der Waals surface area contributed by atoms with Crippen molar-refractivity contribution in [2.45, 2.75) is 13.5 Å². The third-order valence-corrected chi connectivity index (χ3v) is 4.34. The van der Waals surface area contributed by atoms with E-state index in [1.165, 1.54) is 17.0 Å². The summed E-state index contributed by atoms with van der Waals surface area (Å²) < 4.78 is 14.2. The van der Waals surface area contributed by atoms with Crippen molar-refractivity contribution in [3.63, 3.8) is 0 Å². The standard InChI is InChI=1S/C17H16FN3OS/c1-11-19-15-7-6-14(9-16(15)23-11)20-17(22)21(2)10-12-4-3-5-13(18)8-12/h3-9H,10H2,1-2H3,(H,20,22). The van der Waals surface area contributed by atoms with Gasteiger partial charge in [-0.3, -0.25) is 0 Å². The van der Waals surface area contributed by atoms with E-state index >= 15 is 0 Å². The largest absolute Gasteiger partial charge is 0.323 e. The molecule has 3 rings (SSSR count). The molecule has 6 heteroatoms. The van der Waals surface area contributed by atoms with Crippen LogP contribution in [0.4, 0.5) is 14.9 Å². The fourth-order valence-electron chi connectivity index (χ4n) is 2.32. The number of halogens is 1. The first-order valence-electron chi connectivity index (χ1n) is 7.15. The summed E-state index contributed by atoms with van der Waals surface area (Å²) in [5.41, 5.74) is 2.40. The molecule has 0 saturated heterocycles. The van der Waals surface area contributed by atoms with Crippen LogP contribution in [-0.4, -0.2) is 23.0 Å². The molecule has 2 amide bonds. The van der Waals surface area contributed by atoms with Gasteiger partial charge in [0.05, 0.1) is 15.2 Å². The van der Waals surface area contributed by atoms with Gasteiger partial charge in [-0.25, -0.2) is 14.2 Å². The summed E-state index contributed by atoms with van der Waals surface area (Å²) in [6, 6.07) is 11.6. The van der Waals surface area contributed by atoms with Crippen LogP contribution in [0.5, 0.6) is 0 Å². The molecule has 0 unspecified atom stereocenters. The van der Waals surface area contributed by atoms with Gasteiger partial charge in [0.2, 0.25) is 0 Å². The fraction of sp³-hybridized carbons (Fsp3) is 0.176. The van der Waals surface area contributed by atoms with Gasteiger partial charge in [0.1, 0.15) is 5.82 Å². The Balaban J connectivity index is 1.69. The minimum atomic E-state index is -0.303. The summed E-state index contributed by atoms with van der Waals surface area (Å²) in [6.45, 7) is 2.29. The Morgan fingerprint density at radius 3 is 2.91 bits per heavy atom. The van der Waals surface area contributed by atoms with Crippen molar-refractivity contribution in [3.05, 3.63) is 58.9 Å². The molecule has 0 saturated carbocycles. The predicted molar refractivity (Wildman–Crippen MR) is 91.2 cm³/mol. The molecule has 118 valence electrons. The summed E-state index contributed by atoms with van der Waals surface area (Å²) in [5.74, 6) is -0.303. The minimum Gasteiger partial charge on any atom is -0.323 e. The third kappa shape index (κ3) is 3.65. The Labute approximate surface area is 137 Å². The number of urea groups is 1. The first-order chi connectivity index (χ1) is 11.0. The van der Waals surface area contributed by atoms with Crippen LogP contribution < -0.4 is 5.32 Å². The second-order valence-corrected chi connectivity index (χ2v) is 6.57. The molecule has 1 heterocycles. The highest BCUT2D eigenvalue weighted by molar-refractivity contribution is 7.18. The van der Waals surface area contributed by atoms with Crippen molar-refractivity contribution in [3.8, 4) is 0 Å². The van der Waals surface area contributed by atoms with Gasteiger partial charge < -0.3 is 10.2 Å². The zero-order valence-electron chi connectivity index (χ0n) is 12.8. The van der Waals surface area contributed by atoms with Crippen LogP contribution in [0.1, 0.15) is 10.6 Å². The lowest BCUT2D eigenvalue weighted by atomic mass is 10.2. The molecule has 0 radical (unpaired) electrons. The summed E-state index contributed by atoms with van der Waals surface area (Å²) in [4.78, 5) is 18.2. The van der Waals surface area contributed by atoms with Crippen LogP contribution >= 0.6 is 11.3 Å². The van der Waals surface area contributed by atoms with Gasteiger partial charge in [0.15, 0.2) is 0 Å². The number of fused-ring (bicyclic) bond motifs is 1. The highest BCUT2D eigenvalue weighted by Gasteiger charge is 2.11. The molecule has 0 aliphatic rings. The van der Waals surface area contributed by atoms with E-state index in [2.05, 4.69) is 10.3 Å². The Bertz CT molecular complexity index is 862. The van der Waals surface area contributed by atoms with E-state index in [0.29, 0.717) is 6.54 Å². The molecule has 0 aliphatic carbocycles. The number of aryl methyl sites for hydroxylation is 1. The quantitative estimate of drug-likeness (QED) is 0.774. The molecular formula is C17H16FN3OS. The lowest BCUT2D eigenvalue weighted by Crippen LogP contribution is -2.30. The summed E-state index contributed by atoms with van der Waals surface area (Å²) in [5, 5.41) is 3.84. The van der Waals surface area contributed by atoms with Crippen molar-refractivity contribution in [1.82, 2.24) is 9.88 Å². The number of nitrogens with one attached hydrogen (secondary N) is 1. The molecule has 2 aromatic carbocycles. The summed E-state index contributed by atoms with van der Waals surface area (Å²) >= 11 is 1.59. The molecule has 0 fully saturated rings. The van der Waals surface area contributed by atoms with Gasteiger partial charge in [-0.15, -0.1) is 11.3 Å². The Morgan fingerprint density at radius 1 is 1.30 bits per heavy atom. The monoisotopic (exact) mass is 329 g/mol. The number of thiazole rings is 1. The molecule has 3 aromatic rings. The normalized spacial score (nSPS) is 10.7. The minimum absolute atomic E-state index is 0.241. The number of benzene rings is 2. The first kappa shape index (κ1) is 15.4. The number of hydrogen-bond donors (Lipinski definition) is 1. The van der Waals surface area contributed by atoms with Crippen LogP contribution in [-0.2, 0) is 6.54 Å². The molecule has 0 atom stereocenters. The molecule has 0 bridgehead atoms. The van der Waals surface area contributed by atoms with Crippen molar-refractivity contribution < 1.29 is 9.18 Å². The number of nitrogens with zero attached hydrogens (tertiary/aromatic N) is 2. The average molecular weight is 329 g/mol. The van der Waals surface area contributed by atoms with Crippen LogP contribution in [0.3, 0.4) is 0 Å². The Hall–Kier alpha value is -2.47. The van der Waals surface area contributed by atoms with E-state index in [1.807, 2.05) is 25.1 Å². The van der Waals surface area contributed by atoms with Gasteiger partial charge in [0.25, 0.3) is 0 Å². The summed E-state index contributed by atoms with van der Waals surface area (Å²) in [7, 11) is 1.68. The van der Waals surface area contributed by atoms with E-state index in [-0.39, 0.29) is 11.8 Å². The first-order valence-corrected chi connectivity index (χ1v) is 7.97. The highest BCUT2D eigenvalue weighted by Crippen LogP contribution is 2.24. The van der Waals surface area contributed by atoms with Crippen molar-refractivity contribution in [2.75, 3.05) is 12.4 Å². The van der Waals surface area contributed by atoms with Gasteiger partial charge in [-0.2, -0.15) is 0 Å². The van der Waals surface area contributed by atoms with Crippen molar-refractivity contribution in [2.24, 2.45) is 0 Å². The number of carbonyl (C=O) groups is 1. The molecule has 0 spiro atoms. The molecule has 1 N–H and O–H groups in total. The zero-order valence-corrected chi connectivity index (χ0v) is 13.7. The number of carbonyl (C=O) groups excluding carboxylic acids is 1. The van der Waals surface area contributed by atoms with E-state index in [0.717, 1.165) is 26.5 Å². The van der Waals surface area contributed by atoms with Crippen LogP contribution in [0.15, 0.2) is 42.5 Å². The van der Waals surface area contributed by atoms with Gasteiger partial charge >= 0.3 is 6.03 Å². The van der Waals surface area contributed by atoms with Crippen molar-refractivity contribution >= 4 is 33.3 Å².